The molecule has 152 valence electrons. The van der Waals surface area contributed by atoms with Crippen LogP contribution in [0.25, 0.3) is 0 Å². The normalized spacial score (nSPS) is 11.4. The van der Waals surface area contributed by atoms with E-state index in [0.29, 0.717) is 39.8 Å². The average Bonchev–Trinajstić information content (AvgIpc) is 2.71. The summed E-state index contributed by atoms with van der Waals surface area (Å²) in [6.45, 7) is 5.22. The van der Waals surface area contributed by atoms with Crippen LogP contribution >= 0.6 is 11.8 Å². The minimum absolute atomic E-state index is 0.0398. The summed E-state index contributed by atoms with van der Waals surface area (Å²) in [5, 5.41) is 19.9. The molecule has 7 nitrogen and oxygen atoms in total. The summed E-state index contributed by atoms with van der Waals surface area (Å²) in [5.41, 5.74) is 1.69. The van der Waals surface area contributed by atoms with E-state index in [1.54, 1.807) is 38.1 Å². The third kappa shape index (κ3) is 6.31. The molecular weight excluding hydrogens is 392 g/mol. The molecule has 1 aromatic carbocycles. The van der Waals surface area contributed by atoms with E-state index in [1.165, 1.54) is 24.8 Å². The Kier molecular flexibility index (Phi) is 8.19. The van der Waals surface area contributed by atoms with Crippen LogP contribution in [0.1, 0.15) is 45.8 Å². The van der Waals surface area contributed by atoms with Crippen LogP contribution in [0.4, 0.5) is 0 Å². The topological polar surface area (TPSA) is 110 Å². The summed E-state index contributed by atoms with van der Waals surface area (Å²) >= 11 is 1.23. The van der Waals surface area contributed by atoms with Crippen LogP contribution in [0.2, 0.25) is 0 Å². The van der Waals surface area contributed by atoms with Crippen molar-refractivity contribution in [2.45, 2.75) is 31.9 Å². The highest BCUT2D eigenvalue weighted by molar-refractivity contribution is 7.99. The fourth-order valence-electron chi connectivity index (χ4n) is 2.45. The Labute approximate surface area is 173 Å². The van der Waals surface area contributed by atoms with Crippen LogP contribution in [0.5, 0.6) is 5.75 Å². The molecule has 1 heterocycles. The summed E-state index contributed by atoms with van der Waals surface area (Å²) < 4.78 is 10.5. The standard InChI is InChI=1S/C21H22N2O5S/c1-4-27-21(26)15-5-7-18(8-6-15)28-11-17(25)12-29-20-16(10-22)9-19(14(3)24)13(2)23-20/h5-9,17,25H,4,11-12H2,1-3H3. The molecule has 1 aromatic heterocycles. The number of nitrogens with zero attached hydrogens (tertiary/aromatic N) is 2. The monoisotopic (exact) mass is 414 g/mol. The molecule has 0 spiro atoms. The van der Waals surface area contributed by atoms with Gasteiger partial charge in [0.25, 0.3) is 0 Å². The van der Waals surface area contributed by atoms with Gasteiger partial charge in [-0.1, -0.05) is 0 Å². The number of carbonyl (C=O) groups is 2. The van der Waals surface area contributed by atoms with Gasteiger partial charge in [0, 0.05) is 17.0 Å². The maximum absolute atomic E-state index is 11.6. The quantitative estimate of drug-likeness (QED) is 0.378. The van der Waals surface area contributed by atoms with Gasteiger partial charge in [0.1, 0.15) is 23.5 Å². The lowest BCUT2D eigenvalue weighted by molar-refractivity contribution is 0.0526. The van der Waals surface area contributed by atoms with E-state index in [9.17, 15) is 20.0 Å². The molecule has 2 rings (SSSR count). The van der Waals surface area contributed by atoms with Crippen molar-refractivity contribution in [2.24, 2.45) is 0 Å². The molecule has 1 N–H and O–H groups in total. The third-order valence-corrected chi connectivity index (χ3v) is 5.03. The number of thioether (sulfide) groups is 1. The lowest BCUT2D eigenvalue weighted by Gasteiger charge is -2.13. The highest BCUT2D eigenvalue weighted by Crippen LogP contribution is 2.24. The molecule has 0 saturated heterocycles. The largest absolute Gasteiger partial charge is 0.491 e. The molecule has 0 saturated carbocycles. The van der Waals surface area contributed by atoms with Crippen molar-refractivity contribution < 1.29 is 24.2 Å². The number of aromatic nitrogens is 1. The Morgan fingerprint density at radius 3 is 2.59 bits per heavy atom. The van der Waals surface area contributed by atoms with Crippen molar-refractivity contribution in [2.75, 3.05) is 19.0 Å². The number of aryl methyl sites for hydroxylation is 1. The number of pyridine rings is 1. The first-order valence-electron chi connectivity index (χ1n) is 8.99. The number of aliphatic hydroxyl groups is 1. The zero-order chi connectivity index (χ0) is 21.4. The number of rotatable bonds is 9. The number of Topliss-reactive ketones (excluding diaryl/α,β-unsaturated/α-hetero) is 1. The summed E-state index contributed by atoms with van der Waals surface area (Å²) in [6, 6.07) is 10.0. The molecular formula is C21H22N2O5S. The number of carbonyl (C=O) groups excluding carboxylic acids is 2. The number of benzene rings is 1. The van der Waals surface area contributed by atoms with Gasteiger partial charge in [0.2, 0.25) is 0 Å². The molecule has 0 aliphatic heterocycles. The van der Waals surface area contributed by atoms with E-state index in [1.807, 2.05) is 6.07 Å². The van der Waals surface area contributed by atoms with Crippen molar-refractivity contribution in [3.05, 3.63) is 52.7 Å². The second kappa shape index (κ2) is 10.6. The lowest BCUT2D eigenvalue weighted by atomic mass is 10.1. The predicted octanol–water partition coefficient (Wildman–Crippen LogP) is 3.17. The van der Waals surface area contributed by atoms with Gasteiger partial charge in [-0.15, -0.1) is 11.8 Å². The molecule has 1 unspecified atom stereocenters. The van der Waals surface area contributed by atoms with Crippen LogP contribution in [0.15, 0.2) is 35.4 Å². The Hall–Kier alpha value is -2.89. The van der Waals surface area contributed by atoms with Crippen LogP contribution < -0.4 is 4.74 Å². The first kappa shape index (κ1) is 22.4. The number of aliphatic hydroxyl groups excluding tert-OH is 1. The van der Waals surface area contributed by atoms with E-state index >= 15 is 0 Å². The van der Waals surface area contributed by atoms with Crippen LogP contribution in [0, 0.1) is 18.3 Å². The van der Waals surface area contributed by atoms with Crippen LogP contribution in [-0.2, 0) is 4.74 Å². The number of ketones is 1. The maximum Gasteiger partial charge on any atom is 0.338 e. The zero-order valence-corrected chi connectivity index (χ0v) is 17.3. The predicted molar refractivity (Wildman–Crippen MR) is 108 cm³/mol. The van der Waals surface area contributed by atoms with Crippen molar-refractivity contribution in [3.63, 3.8) is 0 Å². The molecule has 1 atom stereocenters. The minimum Gasteiger partial charge on any atom is -0.491 e. The number of hydrogen-bond acceptors (Lipinski definition) is 8. The van der Waals surface area contributed by atoms with Gasteiger partial charge in [0.05, 0.1) is 23.8 Å². The van der Waals surface area contributed by atoms with Crippen LogP contribution in [0.3, 0.4) is 0 Å². The first-order chi connectivity index (χ1) is 13.8. The van der Waals surface area contributed by atoms with Crippen LogP contribution in [-0.4, -0.2) is 46.9 Å². The molecule has 0 fully saturated rings. The maximum atomic E-state index is 11.6. The SMILES string of the molecule is CCOC(=O)c1ccc(OCC(O)CSc2nc(C)c(C(C)=O)cc2C#N)cc1. The second-order valence-electron chi connectivity index (χ2n) is 6.16. The van der Waals surface area contributed by atoms with E-state index in [0.717, 1.165) is 0 Å². The fourth-order valence-corrected chi connectivity index (χ4v) is 3.36. The van der Waals surface area contributed by atoms with Gasteiger partial charge in [-0.3, -0.25) is 4.79 Å². The minimum atomic E-state index is -0.800. The molecule has 0 aliphatic carbocycles. The summed E-state index contributed by atoms with van der Waals surface area (Å²) in [5.74, 6) is 0.231. The Balaban J connectivity index is 1.91. The highest BCUT2D eigenvalue weighted by Gasteiger charge is 2.15. The van der Waals surface area contributed by atoms with Gasteiger partial charge in [-0.2, -0.15) is 5.26 Å². The summed E-state index contributed by atoms with van der Waals surface area (Å²) in [7, 11) is 0. The van der Waals surface area contributed by atoms with Crippen molar-refractivity contribution in [1.82, 2.24) is 4.98 Å². The van der Waals surface area contributed by atoms with E-state index in [4.69, 9.17) is 9.47 Å². The lowest BCUT2D eigenvalue weighted by Crippen LogP contribution is -2.20. The molecule has 0 aliphatic rings. The fraction of sp³-hybridized carbons (Fsp3) is 0.333. The van der Waals surface area contributed by atoms with Gasteiger partial charge in [0.15, 0.2) is 5.78 Å². The van der Waals surface area contributed by atoms with E-state index in [2.05, 4.69) is 4.98 Å². The average molecular weight is 414 g/mol. The molecule has 0 radical (unpaired) electrons. The van der Waals surface area contributed by atoms with Gasteiger partial charge in [-0.05, 0) is 51.1 Å². The third-order valence-electron chi connectivity index (χ3n) is 3.90. The number of ether oxygens (including phenoxy) is 2. The Bertz CT molecular complexity index is 922. The molecule has 8 heteroatoms. The Morgan fingerprint density at radius 2 is 2.00 bits per heavy atom. The summed E-state index contributed by atoms with van der Waals surface area (Å²) in [4.78, 5) is 27.5. The van der Waals surface area contributed by atoms with Gasteiger partial charge < -0.3 is 14.6 Å². The molecule has 2 aromatic rings. The molecule has 29 heavy (non-hydrogen) atoms. The number of esters is 1. The first-order valence-corrected chi connectivity index (χ1v) is 9.97. The smallest absolute Gasteiger partial charge is 0.338 e. The van der Waals surface area contributed by atoms with E-state index in [-0.39, 0.29) is 18.1 Å². The second-order valence-corrected chi connectivity index (χ2v) is 7.17. The van der Waals surface area contributed by atoms with Gasteiger partial charge in [-0.25, -0.2) is 9.78 Å². The summed E-state index contributed by atoms with van der Waals surface area (Å²) in [6.07, 6.45) is -0.800. The number of nitriles is 1. The zero-order valence-electron chi connectivity index (χ0n) is 16.5. The van der Waals surface area contributed by atoms with E-state index < -0.39 is 12.1 Å². The molecule has 0 bridgehead atoms. The number of hydrogen-bond donors (Lipinski definition) is 1. The Morgan fingerprint density at radius 1 is 1.31 bits per heavy atom. The van der Waals surface area contributed by atoms with Crippen molar-refractivity contribution in [3.8, 4) is 11.8 Å². The van der Waals surface area contributed by atoms with Crippen molar-refractivity contribution >= 4 is 23.5 Å². The van der Waals surface area contributed by atoms with Crippen molar-refractivity contribution in [1.29, 1.82) is 5.26 Å². The molecule has 0 amide bonds. The highest BCUT2D eigenvalue weighted by atomic mass is 32.2. The van der Waals surface area contributed by atoms with Gasteiger partial charge >= 0.3 is 5.97 Å².